The van der Waals surface area contributed by atoms with Crippen LogP contribution < -0.4 is 10.2 Å². The molecule has 0 aromatic rings. The molecule has 0 amide bonds. The Morgan fingerprint density at radius 2 is 1.07 bits per heavy atom. The van der Waals surface area contributed by atoms with Crippen LogP contribution in [0.1, 0.15) is 39.5 Å². The van der Waals surface area contributed by atoms with Gasteiger partial charge in [0.15, 0.2) is 0 Å². The van der Waals surface area contributed by atoms with Gasteiger partial charge < -0.3 is 29.3 Å². The monoisotopic (exact) mass is 454 g/mol. The predicted octanol–water partition coefficient (Wildman–Crippen LogP) is 1.33. The minimum absolute atomic E-state index is 0. The molecule has 29 heavy (non-hydrogen) atoms. The zero-order valence-corrected chi connectivity index (χ0v) is 20.3. The Morgan fingerprint density at radius 1 is 0.724 bits per heavy atom. The molecule has 2 rings (SSSR count). The van der Waals surface area contributed by atoms with Crippen molar-refractivity contribution in [2.75, 3.05) is 13.2 Å². The number of carbonyl (C=O) groups excluding carboxylic acids is 2. The van der Waals surface area contributed by atoms with Gasteiger partial charge in [-0.1, -0.05) is 75.3 Å². The molecule has 156 valence electrons. The van der Waals surface area contributed by atoms with Gasteiger partial charge in [0, 0.05) is 25.0 Å². The van der Waals surface area contributed by atoms with E-state index < -0.39 is 23.8 Å². The number of allylic oxidation sites excluding steroid dienone is 4. The average molecular weight is 456 g/mol. The Hall–Kier alpha value is -1.56. The fourth-order valence-corrected chi connectivity index (χ4v) is 2.64. The van der Waals surface area contributed by atoms with E-state index in [1.54, 1.807) is 48.6 Å². The molecular formula is C22H30O6Zn. The Kier molecular flexibility index (Phi) is 15.4. The summed E-state index contributed by atoms with van der Waals surface area (Å²) in [6.07, 6.45) is 17.0. The molecule has 0 bridgehead atoms. The molecule has 0 fully saturated rings. The fraction of sp³-hybridized carbons (Fsp3) is 0.545. The van der Waals surface area contributed by atoms with Crippen molar-refractivity contribution >= 4 is 11.9 Å². The van der Waals surface area contributed by atoms with Gasteiger partial charge >= 0.3 is 19.5 Å². The second kappa shape index (κ2) is 16.3. The Bertz CT molecular complexity index is 544. The van der Waals surface area contributed by atoms with Crippen LogP contribution >= 0.6 is 0 Å². The maximum absolute atomic E-state index is 10.7. The van der Waals surface area contributed by atoms with Gasteiger partial charge in [-0.05, 0) is 12.8 Å². The minimum atomic E-state index is -1.08. The molecule has 0 heterocycles. The van der Waals surface area contributed by atoms with E-state index in [-0.39, 0.29) is 31.7 Å². The van der Waals surface area contributed by atoms with Gasteiger partial charge in [0.05, 0.1) is 24.1 Å². The molecule has 4 unspecified atom stereocenters. The summed E-state index contributed by atoms with van der Waals surface area (Å²) >= 11 is 0. The normalized spacial score (nSPS) is 24.3. The van der Waals surface area contributed by atoms with Gasteiger partial charge in [-0.3, -0.25) is 0 Å². The number of ether oxygens (including phenoxy) is 2. The largest absolute Gasteiger partial charge is 2.00 e. The van der Waals surface area contributed by atoms with E-state index in [1.165, 1.54) is 0 Å². The van der Waals surface area contributed by atoms with Gasteiger partial charge in [-0.15, -0.1) is 0 Å². The van der Waals surface area contributed by atoms with Crippen LogP contribution in [0.4, 0.5) is 0 Å². The first kappa shape index (κ1) is 27.4. The van der Waals surface area contributed by atoms with Crippen LogP contribution in [0.5, 0.6) is 0 Å². The van der Waals surface area contributed by atoms with Crippen molar-refractivity contribution in [2.45, 2.75) is 51.7 Å². The summed E-state index contributed by atoms with van der Waals surface area (Å²) in [7, 11) is 0. The Morgan fingerprint density at radius 3 is 1.38 bits per heavy atom. The Balaban J connectivity index is 0.000000523. The summed E-state index contributed by atoms with van der Waals surface area (Å²) < 4.78 is 10.9. The zero-order valence-electron chi connectivity index (χ0n) is 17.3. The van der Waals surface area contributed by atoms with Crippen molar-refractivity contribution in [3.63, 3.8) is 0 Å². The van der Waals surface area contributed by atoms with Crippen LogP contribution in [-0.4, -0.2) is 37.4 Å². The summed E-state index contributed by atoms with van der Waals surface area (Å²) in [5, 5.41) is 21.4. The van der Waals surface area contributed by atoms with E-state index >= 15 is 0 Å². The summed E-state index contributed by atoms with van der Waals surface area (Å²) in [5.74, 6) is -3.44. The first-order valence-corrected chi connectivity index (χ1v) is 9.86. The SMILES string of the molecule is CCCCOC1C=CC=CC1C(=O)[O-].CCCCOC1C=CC=CC1C(=O)[O-].[Zn+2]. The van der Waals surface area contributed by atoms with Crippen molar-refractivity contribution < 1.29 is 48.8 Å². The second-order valence-electron chi connectivity index (χ2n) is 6.61. The van der Waals surface area contributed by atoms with Crippen LogP contribution in [0.2, 0.25) is 0 Å². The number of unbranched alkanes of at least 4 members (excludes halogenated alkanes) is 2. The van der Waals surface area contributed by atoms with Crippen LogP contribution in [0.3, 0.4) is 0 Å². The molecule has 0 aliphatic heterocycles. The zero-order chi connectivity index (χ0) is 20.8. The van der Waals surface area contributed by atoms with Crippen molar-refractivity contribution in [3.8, 4) is 0 Å². The molecule has 2 aliphatic carbocycles. The predicted molar refractivity (Wildman–Crippen MR) is 103 cm³/mol. The van der Waals surface area contributed by atoms with Gasteiger partial charge in [0.1, 0.15) is 0 Å². The van der Waals surface area contributed by atoms with Gasteiger partial charge in [0.25, 0.3) is 0 Å². The second-order valence-corrected chi connectivity index (χ2v) is 6.61. The van der Waals surface area contributed by atoms with E-state index in [9.17, 15) is 19.8 Å². The number of hydrogen-bond donors (Lipinski definition) is 0. The summed E-state index contributed by atoms with van der Waals surface area (Å²) in [6.45, 7) is 5.33. The van der Waals surface area contributed by atoms with E-state index in [0.717, 1.165) is 25.7 Å². The average Bonchev–Trinajstić information content (AvgIpc) is 2.69. The molecule has 2 aliphatic rings. The van der Waals surface area contributed by atoms with E-state index in [1.807, 2.05) is 0 Å². The maximum atomic E-state index is 10.7. The van der Waals surface area contributed by atoms with Crippen molar-refractivity contribution in [2.24, 2.45) is 11.8 Å². The van der Waals surface area contributed by atoms with E-state index in [4.69, 9.17) is 9.47 Å². The third kappa shape index (κ3) is 10.7. The minimum Gasteiger partial charge on any atom is -0.549 e. The quantitative estimate of drug-likeness (QED) is 0.364. The van der Waals surface area contributed by atoms with E-state index in [2.05, 4.69) is 13.8 Å². The molecule has 0 spiro atoms. The molecule has 7 heteroatoms. The molecule has 0 aromatic carbocycles. The van der Waals surface area contributed by atoms with Crippen LogP contribution in [0, 0.1) is 11.8 Å². The van der Waals surface area contributed by atoms with Gasteiger partial charge in [0.2, 0.25) is 0 Å². The number of carbonyl (C=O) groups is 2. The van der Waals surface area contributed by atoms with Gasteiger partial charge in [-0.2, -0.15) is 0 Å². The van der Waals surface area contributed by atoms with Crippen LogP contribution in [0.15, 0.2) is 48.6 Å². The standard InChI is InChI=1S/2C11H16O3.Zn/c2*1-2-3-8-14-10-7-5-4-6-9(10)11(12)13;/h2*4-7,9-10H,2-3,8H2,1H3,(H,12,13);/q;;+2/p-2. The smallest absolute Gasteiger partial charge is 0.549 e. The number of rotatable bonds is 10. The topological polar surface area (TPSA) is 98.7 Å². The van der Waals surface area contributed by atoms with Crippen molar-refractivity contribution in [1.29, 1.82) is 0 Å². The molecule has 6 nitrogen and oxygen atoms in total. The first-order valence-electron chi connectivity index (χ1n) is 9.86. The molecular weight excluding hydrogens is 426 g/mol. The molecule has 0 saturated carbocycles. The summed E-state index contributed by atoms with van der Waals surface area (Å²) in [6, 6.07) is 0. The molecule has 0 radical (unpaired) electrons. The van der Waals surface area contributed by atoms with E-state index in [0.29, 0.717) is 13.2 Å². The van der Waals surface area contributed by atoms with Crippen LogP contribution in [-0.2, 0) is 38.5 Å². The fourth-order valence-electron chi connectivity index (χ4n) is 2.64. The van der Waals surface area contributed by atoms with Gasteiger partial charge in [-0.25, -0.2) is 0 Å². The molecule has 0 aromatic heterocycles. The molecule has 4 atom stereocenters. The van der Waals surface area contributed by atoms with Crippen LogP contribution in [0.25, 0.3) is 0 Å². The van der Waals surface area contributed by atoms with Crippen molar-refractivity contribution in [3.05, 3.63) is 48.6 Å². The third-order valence-corrected chi connectivity index (χ3v) is 4.33. The number of aliphatic carboxylic acids is 2. The molecule has 0 saturated heterocycles. The first-order chi connectivity index (χ1) is 13.5. The number of hydrogen-bond acceptors (Lipinski definition) is 6. The summed E-state index contributed by atoms with van der Waals surface area (Å²) in [5.41, 5.74) is 0. The number of carboxylic acids is 2. The molecule has 0 N–H and O–H groups in total. The number of carboxylic acid groups (broad SMARTS) is 2. The summed E-state index contributed by atoms with van der Waals surface area (Å²) in [4.78, 5) is 21.4. The van der Waals surface area contributed by atoms with Crippen molar-refractivity contribution in [1.82, 2.24) is 0 Å². The third-order valence-electron chi connectivity index (χ3n) is 4.33. The maximum Gasteiger partial charge on any atom is 2.00 e. The Labute approximate surface area is 186 Å².